The zero-order valence-corrected chi connectivity index (χ0v) is 14.0. The smallest absolute Gasteiger partial charge is 0.143 e. The summed E-state index contributed by atoms with van der Waals surface area (Å²) < 4.78 is 1.19. The molecule has 0 saturated carbocycles. The highest BCUT2D eigenvalue weighted by atomic mass is 127. The lowest BCUT2D eigenvalue weighted by Gasteiger charge is -2.13. The van der Waals surface area contributed by atoms with Gasteiger partial charge in [-0.1, -0.05) is 34.1 Å². The maximum atomic E-state index is 4.71. The lowest BCUT2D eigenvalue weighted by molar-refractivity contribution is 0.616. The second-order valence-corrected chi connectivity index (χ2v) is 6.10. The summed E-state index contributed by atoms with van der Waals surface area (Å²) in [5, 5.41) is 3.42. The number of hydrogen-bond acceptors (Lipinski definition) is 3. The molecule has 0 aliphatic heterocycles. The molecule has 1 N–H and O–H groups in total. The van der Waals surface area contributed by atoms with Gasteiger partial charge in [0.05, 0.1) is 9.26 Å². The maximum Gasteiger partial charge on any atom is 0.143 e. The molecule has 4 heteroatoms. The number of nitrogens with one attached hydrogen (secondary N) is 1. The van der Waals surface area contributed by atoms with E-state index in [-0.39, 0.29) is 0 Å². The van der Waals surface area contributed by atoms with Crippen molar-refractivity contribution in [3.05, 3.63) is 15.1 Å². The molecule has 0 unspecified atom stereocenters. The van der Waals surface area contributed by atoms with Gasteiger partial charge in [0.1, 0.15) is 11.6 Å². The molecule has 102 valence electrons. The largest absolute Gasteiger partial charge is 0.369 e. The third-order valence-electron chi connectivity index (χ3n) is 2.59. The van der Waals surface area contributed by atoms with Gasteiger partial charge in [-0.2, -0.15) is 0 Å². The van der Waals surface area contributed by atoms with Crippen LogP contribution in [0.4, 0.5) is 5.82 Å². The quantitative estimate of drug-likeness (QED) is 0.745. The van der Waals surface area contributed by atoms with Gasteiger partial charge in [0.2, 0.25) is 0 Å². The second kappa shape index (κ2) is 7.92. The molecule has 0 aromatic carbocycles. The highest BCUT2D eigenvalue weighted by molar-refractivity contribution is 14.1. The molecule has 1 aromatic heterocycles. The Morgan fingerprint density at radius 2 is 1.89 bits per heavy atom. The van der Waals surface area contributed by atoms with Gasteiger partial charge in [0, 0.05) is 13.0 Å². The van der Waals surface area contributed by atoms with E-state index in [4.69, 9.17) is 4.98 Å². The van der Waals surface area contributed by atoms with Crippen LogP contribution in [0.3, 0.4) is 0 Å². The number of aromatic nitrogens is 2. The average molecular weight is 361 g/mol. The van der Waals surface area contributed by atoms with Crippen LogP contribution in [0.1, 0.15) is 52.1 Å². The highest BCUT2D eigenvalue weighted by Crippen LogP contribution is 2.21. The van der Waals surface area contributed by atoms with Crippen LogP contribution in [0.2, 0.25) is 0 Å². The van der Waals surface area contributed by atoms with Crippen molar-refractivity contribution in [2.45, 2.75) is 53.4 Å². The van der Waals surface area contributed by atoms with Gasteiger partial charge >= 0.3 is 0 Å². The lowest BCUT2D eigenvalue weighted by Crippen LogP contribution is -2.12. The Morgan fingerprint density at radius 1 is 1.17 bits per heavy atom. The van der Waals surface area contributed by atoms with E-state index in [9.17, 15) is 0 Å². The van der Waals surface area contributed by atoms with Gasteiger partial charge in [-0.25, -0.2) is 9.97 Å². The molecule has 0 atom stereocenters. The minimum Gasteiger partial charge on any atom is -0.369 e. The zero-order valence-electron chi connectivity index (χ0n) is 11.9. The Hall–Kier alpha value is -0.390. The Kier molecular flexibility index (Phi) is 6.89. The van der Waals surface area contributed by atoms with Gasteiger partial charge in [0.15, 0.2) is 0 Å². The number of rotatable bonds is 7. The van der Waals surface area contributed by atoms with Crippen molar-refractivity contribution >= 4 is 28.4 Å². The first-order chi connectivity index (χ1) is 8.58. The van der Waals surface area contributed by atoms with Gasteiger partial charge in [-0.3, -0.25) is 0 Å². The Labute approximate surface area is 124 Å². The Morgan fingerprint density at radius 3 is 2.44 bits per heavy atom. The fraction of sp³-hybridized carbons (Fsp3) is 0.714. The fourth-order valence-electron chi connectivity index (χ4n) is 1.76. The zero-order chi connectivity index (χ0) is 13.5. The Balaban J connectivity index is 3.01. The molecule has 0 radical (unpaired) electrons. The molecule has 3 nitrogen and oxygen atoms in total. The summed E-state index contributed by atoms with van der Waals surface area (Å²) in [6.07, 6.45) is 4.23. The highest BCUT2D eigenvalue weighted by Gasteiger charge is 2.12. The van der Waals surface area contributed by atoms with E-state index in [1.165, 1.54) is 9.26 Å². The van der Waals surface area contributed by atoms with Crippen LogP contribution in [-0.2, 0) is 12.8 Å². The molecule has 1 aromatic rings. The van der Waals surface area contributed by atoms with Crippen LogP contribution in [-0.4, -0.2) is 16.5 Å². The van der Waals surface area contributed by atoms with Crippen molar-refractivity contribution in [2.75, 3.05) is 11.9 Å². The molecule has 1 heterocycles. The van der Waals surface area contributed by atoms with E-state index in [1.807, 2.05) is 0 Å². The molecule has 0 aliphatic carbocycles. The monoisotopic (exact) mass is 361 g/mol. The molecule has 18 heavy (non-hydrogen) atoms. The minimum atomic E-state index is 0.596. The van der Waals surface area contributed by atoms with Crippen molar-refractivity contribution in [2.24, 2.45) is 5.92 Å². The first kappa shape index (κ1) is 15.7. The summed E-state index contributed by atoms with van der Waals surface area (Å²) in [5.41, 5.74) is 1.20. The molecule has 0 bridgehead atoms. The van der Waals surface area contributed by atoms with Crippen molar-refractivity contribution in [3.63, 3.8) is 0 Å². The normalized spacial score (nSPS) is 11.0. The van der Waals surface area contributed by atoms with Gasteiger partial charge in [-0.15, -0.1) is 0 Å². The van der Waals surface area contributed by atoms with Gasteiger partial charge in [-0.05, 0) is 41.4 Å². The van der Waals surface area contributed by atoms with Crippen molar-refractivity contribution in [3.8, 4) is 0 Å². The molecular weight excluding hydrogens is 337 g/mol. The van der Waals surface area contributed by atoms with Crippen LogP contribution in [0.25, 0.3) is 0 Å². The first-order valence-corrected chi connectivity index (χ1v) is 7.95. The topological polar surface area (TPSA) is 37.8 Å². The molecule has 0 aliphatic rings. The third kappa shape index (κ3) is 4.71. The number of anilines is 1. The number of halogens is 1. The van der Waals surface area contributed by atoms with E-state index >= 15 is 0 Å². The molecule has 0 saturated heterocycles. The molecule has 0 amide bonds. The predicted molar refractivity (Wildman–Crippen MR) is 86.1 cm³/mol. The van der Waals surface area contributed by atoms with Gasteiger partial charge in [0.25, 0.3) is 0 Å². The summed E-state index contributed by atoms with van der Waals surface area (Å²) >= 11 is 2.37. The van der Waals surface area contributed by atoms with Crippen LogP contribution in [0, 0.1) is 9.49 Å². The summed E-state index contributed by atoms with van der Waals surface area (Å²) in [6, 6.07) is 0. The summed E-state index contributed by atoms with van der Waals surface area (Å²) in [6.45, 7) is 9.75. The maximum absolute atomic E-state index is 4.71. The Bertz CT molecular complexity index is 378. The van der Waals surface area contributed by atoms with Crippen molar-refractivity contribution in [1.82, 2.24) is 9.97 Å². The lowest BCUT2D eigenvalue weighted by atomic mass is 10.1. The molecule has 0 fully saturated rings. The standard InChI is InChI=1S/C14H24IN3/c1-5-7-11-13(15)14(16-8-6-2)18-12(17-11)9-10(3)4/h10H,5-9H2,1-4H3,(H,16,17,18). The predicted octanol–water partition coefficient (Wildman–Crippen LogP) is 4.05. The molecule has 1 rings (SSSR count). The SMILES string of the molecule is CCCNc1nc(CC(C)C)nc(CCC)c1I. The van der Waals surface area contributed by atoms with E-state index in [1.54, 1.807) is 0 Å². The summed E-state index contributed by atoms with van der Waals surface area (Å²) in [7, 11) is 0. The van der Waals surface area contributed by atoms with E-state index in [0.29, 0.717) is 5.92 Å². The number of nitrogens with zero attached hydrogens (tertiary/aromatic N) is 2. The third-order valence-corrected chi connectivity index (χ3v) is 3.72. The summed E-state index contributed by atoms with van der Waals surface area (Å²) in [5.74, 6) is 2.59. The molecule has 0 spiro atoms. The average Bonchev–Trinajstić information content (AvgIpc) is 2.31. The summed E-state index contributed by atoms with van der Waals surface area (Å²) in [4.78, 5) is 9.38. The second-order valence-electron chi connectivity index (χ2n) is 5.02. The van der Waals surface area contributed by atoms with Gasteiger partial charge < -0.3 is 5.32 Å². The first-order valence-electron chi connectivity index (χ1n) is 6.87. The van der Waals surface area contributed by atoms with Crippen molar-refractivity contribution < 1.29 is 0 Å². The van der Waals surface area contributed by atoms with Crippen LogP contribution in [0.5, 0.6) is 0 Å². The van der Waals surface area contributed by atoms with E-state index in [2.05, 4.69) is 60.6 Å². The van der Waals surface area contributed by atoms with Crippen LogP contribution >= 0.6 is 22.6 Å². The van der Waals surface area contributed by atoms with Crippen LogP contribution < -0.4 is 5.32 Å². The van der Waals surface area contributed by atoms with Crippen LogP contribution in [0.15, 0.2) is 0 Å². The van der Waals surface area contributed by atoms with E-state index in [0.717, 1.165) is 43.9 Å². The number of hydrogen-bond donors (Lipinski definition) is 1. The van der Waals surface area contributed by atoms with E-state index < -0.39 is 0 Å². The van der Waals surface area contributed by atoms with Crippen molar-refractivity contribution in [1.29, 1.82) is 0 Å². The minimum absolute atomic E-state index is 0.596. The number of aryl methyl sites for hydroxylation is 1. The fourth-order valence-corrected chi connectivity index (χ4v) is 2.47. The molecular formula is C14H24IN3.